The van der Waals surface area contributed by atoms with Gasteiger partial charge in [-0.05, 0) is 71.0 Å². The Labute approximate surface area is 194 Å². The number of aliphatic hydroxyl groups excluding tert-OH is 2. The fourth-order valence-electron chi connectivity index (χ4n) is 5.36. The first-order valence-electron chi connectivity index (χ1n) is 12.4. The Morgan fingerprint density at radius 2 is 1.97 bits per heavy atom. The minimum Gasteiger partial charge on any atom is -0.392 e. The Bertz CT molecular complexity index is 608. The Morgan fingerprint density at radius 3 is 2.61 bits per heavy atom. The van der Waals surface area contributed by atoms with E-state index in [1.807, 2.05) is 11.0 Å². The first-order valence-corrected chi connectivity index (χ1v) is 13.5. The lowest BCUT2D eigenvalue weighted by Crippen LogP contribution is -2.43. The summed E-state index contributed by atoms with van der Waals surface area (Å²) in [6.07, 6.45) is 12.8. The summed E-state index contributed by atoms with van der Waals surface area (Å²) >= 11 is 1.74. The van der Waals surface area contributed by atoms with Crippen molar-refractivity contribution in [1.29, 1.82) is 0 Å². The molecule has 4 nitrogen and oxygen atoms in total. The number of carbonyl (C=O) groups excluding carboxylic acids is 1. The van der Waals surface area contributed by atoms with E-state index in [9.17, 15) is 15.0 Å². The maximum atomic E-state index is 12.5. The molecule has 0 radical (unpaired) electrons. The van der Waals surface area contributed by atoms with Crippen LogP contribution in [0.3, 0.4) is 0 Å². The summed E-state index contributed by atoms with van der Waals surface area (Å²) in [6, 6.07) is 0.484. The highest BCUT2D eigenvalue weighted by Gasteiger charge is 2.43. The quantitative estimate of drug-likeness (QED) is 0.299. The molecular formula is C26H45NO3S. The number of nitrogens with zero attached hydrogens (tertiary/aromatic N) is 1. The lowest BCUT2D eigenvalue weighted by molar-refractivity contribution is -0.131. The van der Waals surface area contributed by atoms with Gasteiger partial charge in [-0.25, -0.2) is 0 Å². The van der Waals surface area contributed by atoms with E-state index in [1.54, 1.807) is 11.8 Å². The van der Waals surface area contributed by atoms with Crippen LogP contribution in [-0.2, 0) is 4.79 Å². The van der Waals surface area contributed by atoms with E-state index >= 15 is 0 Å². The number of amides is 1. The van der Waals surface area contributed by atoms with Gasteiger partial charge in [0.25, 0.3) is 0 Å². The topological polar surface area (TPSA) is 60.8 Å². The molecule has 0 heterocycles. The van der Waals surface area contributed by atoms with Gasteiger partial charge in [0, 0.05) is 18.0 Å². The van der Waals surface area contributed by atoms with Crippen LogP contribution in [0.4, 0.5) is 0 Å². The van der Waals surface area contributed by atoms with E-state index < -0.39 is 6.10 Å². The van der Waals surface area contributed by atoms with Crippen LogP contribution < -0.4 is 0 Å². The van der Waals surface area contributed by atoms with Crippen LogP contribution >= 0.6 is 11.8 Å². The molecule has 2 N–H and O–H groups in total. The average molecular weight is 452 g/mol. The number of rotatable bonds is 13. The normalized spacial score (nSPS) is 26.7. The monoisotopic (exact) mass is 451 g/mol. The van der Waals surface area contributed by atoms with E-state index in [0.29, 0.717) is 17.6 Å². The van der Waals surface area contributed by atoms with Crippen LogP contribution in [-0.4, -0.2) is 56.8 Å². The maximum Gasteiger partial charge on any atom is 0.233 e. The number of thioether (sulfide) groups is 1. The first kappa shape index (κ1) is 26.5. The van der Waals surface area contributed by atoms with Crippen LogP contribution in [0.1, 0.15) is 79.6 Å². The summed E-state index contributed by atoms with van der Waals surface area (Å²) in [4.78, 5) is 14.5. The molecule has 0 aromatic heterocycles. The summed E-state index contributed by atoms with van der Waals surface area (Å²) in [5.74, 6) is 2.84. The maximum absolute atomic E-state index is 12.5. The summed E-state index contributed by atoms with van der Waals surface area (Å²) in [7, 11) is 0. The zero-order chi connectivity index (χ0) is 23.0. The van der Waals surface area contributed by atoms with Gasteiger partial charge < -0.3 is 15.1 Å². The second kappa shape index (κ2) is 13.1. The zero-order valence-electron chi connectivity index (χ0n) is 20.3. The Balaban J connectivity index is 1.76. The molecule has 5 atom stereocenters. The molecule has 2 aliphatic carbocycles. The van der Waals surface area contributed by atoms with E-state index in [2.05, 4.69) is 46.8 Å². The van der Waals surface area contributed by atoms with Crippen molar-refractivity contribution in [2.24, 2.45) is 17.8 Å². The molecule has 2 aliphatic rings. The highest BCUT2D eigenvalue weighted by Crippen LogP contribution is 2.48. The van der Waals surface area contributed by atoms with Crippen molar-refractivity contribution in [1.82, 2.24) is 4.90 Å². The van der Waals surface area contributed by atoms with Crippen LogP contribution in [0.5, 0.6) is 0 Å². The third kappa shape index (κ3) is 7.94. The smallest absolute Gasteiger partial charge is 0.233 e. The van der Waals surface area contributed by atoms with E-state index in [-0.39, 0.29) is 30.0 Å². The molecule has 31 heavy (non-hydrogen) atoms. The fourth-order valence-corrected chi connectivity index (χ4v) is 6.23. The largest absolute Gasteiger partial charge is 0.392 e. The Hall–Kier alpha value is -0.780. The van der Waals surface area contributed by atoms with E-state index in [4.69, 9.17) is 0 Å². The van der Waals surface area contributed by atoms with Crippen LogP contribution in [0.15, 0.2) is 23.8 Å². The number of aliphatic hydroxyl groups is 2. The second-order valence-electron chi connectivity index (χ2n) is 9.98. The highest BCUT2D eigenvalue weighted by molar-refractivity contribution is 7.99. The van der Waals surface area contributed by atoms with Gasteiger partial charge in [-0.15, -0.1) is 0 Å². The third-order valence-corrected chi connectivity index (χ3v) is 7.75. The predicted molar refractivity (Wildman–Crippen MR) is 132 cm³/mol. The first-order chi connectivity index (χ1) is 14.7. The van der Waals surface area contributed by atoms with E-state index in [0.717, 1.165) is 50.7 Å². The van der Waals surface area contributed by atoms with Crippen molar-refractivity contribution in [2.75, 3.05) is 11.5 Å². The van der Waals surface area contributed by atoms with Gasteiger partial charge in [0.2, 0.25) is 5.91 Å². The molecule has 0 unspecified atom stereocenters. The molecule has 1 amide bonds. The fraction of sp³-hybridized carbons (Fsp3) is 0.808. The van der Waals surface area contributed by atoms with Crippen molar-refractivity contribution in [3.63, 3.8) is 0 Å². The van der Waals surface area contributed by atoms with Gasteiger partial charge in [0.05, 0.1) is 18.0 Å². The lowest BCUT2D eigenvalue weighted by atomic mass is 9.88. The standard InChI is InChI=1S/C26H45NO3S/c1-6-7-8-9-22(28)10-11-23-24-15-20(14-21(24)16-25(23)29)12-13-31-17-26(30)27(18(2)3)19(4)5/h10-11,14,18-19,21-25,28-29H,6-9,12-13,15-17H2,1-5H3/b11-10+/t21-,22-,23+,24-,25+/m0/s1. The number of hydrogen-bond acceptors (Lipinski definition) is 4. The van der Waals surface area contributed by atoms with Gasteiger partial charge in [0.15, 0.2) is 0 Å². The second-order valence-corrected chi connectivity index (χ2v) is 11.1. The SMILES string of the molecule is CCCCC[C@H](O)/C=C/[C@@H]1[C@H]2CC(CCSCC(=O)N(C(C)C)C(C)C)=C[C@H]2C[C@H]1O. The number of carbonyl (C=O) groups is 1. The predicted octanol–water partition coefficient (Wildman–Crippen LogP) is 5.20. The minimum absolute atomic E-state index is 0.152. The van der Waals surface area contributed by atoms with Crippen molar-refractivity contribution in [3.05, 3.63) is 23.8 Å². The van der Waals surface area contributed by atoms with Gasteiger partial charge >= 0.3 is 0 Å². The van der Waals surface area contributed by atoms with E-state index in [1.165, 1.54) is 5.57 Å². The minimum atomic E-state index is -0.392. The average Bonchev–Trinajstić information content (AvgIpc) is 3.19. The Morgan fingerprint density at radius 1 is 1.26 bits per heavy atom. The van der Waals surface area contributed by atoms with Crippen LogP contribution in [0.2, 0.25) is 0 Å². The molecule has 0 spiro atoms. The molecular weight excluding hydrogens is 406 g/mol. The van der Waals surface area contributed by atoms with Gasteiger partial charge in [0.1, 0.15) is 0 Å². The third-order valence-electron chi connectivity index (χ3n) is 6.80. The van der Waals surface area contributed by atoms with Crippen molar-refractivity contribution < 1.29 is 15.0 Å². The summed E-state index contributed by atoms with van der Waals surface area (Å²) < 4.78 is 0. The summed E-state index contributed by atoms with van der Waals surface area (Å²) in [5, 5.41) is 20.7. The molecule has 178 valence electrons. The molecule has 0 aliphatic heterocycles. The van der Waals surface area contributed by atoms with Crippen LogP contribution in [0, 0.1) is 17.8 Å². The number of unbranched alkanes of at least 4 members (excludes halogenated alkanes) is 2. The highest BCUT2D eigenvalue weighted by atomic mass is 32.2. The number of allylic oxidation sites excluding steroid dienone is 2. The van der Waals surface area contributed by atoms with Crippen molar-refractivity contribution in [3.8, 4) is 0 Å². The molecule has 5 heteroatoms. The Kier molecular flexibility index (Phi) is 11.1. The molecule has 0 aromatic rings. The van der Waals surface area contributed by atoms with Gasteiger partial charge in [-0.1, -0.05) is 50.0 Å². The van der Waals surface area contributed by atoms with Crippen molar-refractivity contribution >= 4 is 17.7 Å². The molecule has 1 saturated carbocycles. The summed E-state index contributed by atoms with van der Waals surface area (Å²) in [6.45, 7) is 10.5. The number of fused-ring (bicyclic) bond motifs is 1. The molecule has 0 bridgehead atoms. The lowest BCUT2D eigenvalue weighted by Gasteiger charge is -2.30. The number of hydrogen-bond donors (Lipinski definition) is 2. The molecule has 1 fully saturated rings. The van der Waals surface area contributed by atoms with Crippen LogP contribution in [0.25, 0.3) is 0 Å². The van der Waals surface area contributed by atoms with Gasteiger partial charge in [-0.3, -0.25) is 4.79 Å². The summed E-state index contributed by atoms with van der Waals surface area (Å²) in [5.41, 5.74) is 1.48. The zero-order valence-corrected chi connectivity index (χ0v) is 21.1. The molecule has 0 saturated heterocycles. The van der Waals surface area contributed by atoms with Gasteiger partial charge in [-0.2, -0.15) is 11.8 Å². The molecule has 2 rings (SSSR count). The molecule has 0 aromatic carbocycles. The van der Waals surface area contributed by atoms with Crippen molar-refractivity contribution in [2.45, 2.75) is 104 Å².